The Balaban J connectivity index is 0.000000228. The van der Waals surface area contributed by atoms with E-state index in [2.05, 4.69) is 0 Å². The van der Waals surface area contributed by atoms with Crippen molar-refractivity contribution in [2.24, 2.45) is 0 Å². The molecule has 0 spiro atoms. The monoisotopic (exact) mass is 824 g/mol. The number of likely N-dealkylation sites (tertiary alicyclic amines) is 2. The highest BCUT2D eigenvalue weighted by molar-refractivity contribution is 5.87. The highest BCUT2D eigenvalue weighted by Crippen LogP contribution is 2.49. The molecule has 0 saturated carbocycles. The van der Waals surface area contributed by atoms with Gasteiger partial charge in [0.15, 0.2) is 0 Å². The number of aryl methyl sites for hydroxylation is 2. The molecule has 2 amide bonds. The van der Waals surface area contributed by atoms with Gasteiger partial charge in [0.05, 0.1) is 40.3 Å². The van der Waals surface area contributed by atoms with Crippen LogP contribution in [0, 0.1) is 34.1 Å². The minimum absolute atomic E-state index is 0.404. The average molecular weight is 825 g/mol. The third-order valence-electron chi connectivity index (χ3n) is 11.2. The summed E-state index contributed by atoms with van der Waals surface area (Å²) in [6.07, 6.45) is 0. The molecular formula is C44H48N4O12. The van der Waals surface area contributed by atoms with Gasteiger partial charge in [0.25, 0.3) is 0 Å². The standard InChI is InChI=1S/2C22H24N2O6/c2*1-13-5-7-16(8-6-13)19-20(24(27)28)18(15-9-11-17(29-3)12-10-15)21(22(26)30-4)23(19)14(2)25/h2*5-12,18-21H,1-4H3/t2*18-,19-,20-,21+/m00/s1. The molecule has 2 aliphatic heterocycles. The summed E-state index contributed by atoms with van der Waals surface area (Å²) in [6.45, 7) is 6.43. The van der Waals surface area contributed by atoms with Crippen LogP contribution in [0.2, 0.25) is 0 Å². The largest absolute Gasteiger partial charge is 0.497 e. The predicted octanol–water partition coefficient (Wildman–Crippen LogP) is 5.76. The molecule has 316 valence electrons. The van der Waals surface area contributed by atoms with Crippen LogP contribution >= 0.6 is 0 Å². The Hall–Kier alpha value is -6.84. The summed E-state index contributed by atoms with van der Waals surface area (Å²) in [7, 11) is 5.47. The van der Waals surface area contributed by atoms with Crippen LogP contribution in [0.4, 0.5) is 0 Å². The number of nitrogens with zero attached hydrogens (tertiary/aromatic N) is 4. The first-order valence-corrected chi connectivity index (χ1v) is 19.0. The number of rotatable bonds is 10. The molecular weight excluding hydrogens is 776 g/mol. The summed E-state index contributed by atoms with van der Waals surface area (Å²) >= 11 is 0. The molecule has 2 aliphatic rings. The van der Waals surface area contributed by atoms with Crippen LogP contribution in [0.15, 0.2) is 97.1 Å². The first-order chi connectivity index (χ1) is 28.6. The van der Waals surface area contributed by atoms with Crippen molar-refractivity contribution in [3.8, 4) is 11.5 Å². The molecule has 16 heteroatoms. The zero-order valence-corrected chi connectivity index (χ0v) is 34.5. The second-order valence-electron chi connectivity index (χ2n) is 14.6. The Labute approximate surface area is 347 Å². The molecule has 6 rings (SSSR count). The van der Waals surface area contributed by atoms with E-state index in [1.165, 1.54) is 52.1 Å². The topological polar surface area (TPSA) is 198 Å². The maximum Gasteiger partial charge on any atom is 0.329 e. The van der Waals surface area contributed by atoms with Gasteiger partial charge in [0, 0.05) is 23.7 Å². The molecule has 2 fully saturated rings. The lowest BCUT2D eigenvalue weighted by Crippen LogP contribution is -2.43. The van der Waals surface area contributed by atoms with Crippen molar-refractivity contribution in [2.75, 3.05) is 28.4 Å². The number of carbonyl (C=O) groups is 4. The summed E-state index contributed by atoms with van der Waals surface area (Å²) in [6, 6.07) is 21.3. The van der Waals surface area contributed by atoms with Gasteiger partial charge in [-0.25, -0.2) is 9.59 Å². The molecule has 2 heterocycles. The Morgan fingerprint density at radius 1 is 0.500 bits per heavy atom. The van der Waals surface area contributed by atoms with E-state index in [1.54, 1.807) is 72.8 Å². The zero-order valence-electron chi connectivity index (χ0n) is 34.5. The number of ether oxygens (including phenoxy) is 4. The van der Waals surface area contributed by atoms with Crippen LogP contribution in [0.5, 0.6) is 11.5 Å². The number of amides is 2. The van der Waals surface area contributed by atoms with Crippen molar-refractivity contribution in [1.82, 2.24) is 9.80 Å². The van der Waals surface area contributed by atoms with Crippen LogP contribution in [-0.2, 0) is 28.7 Å². The fourth-order valence-electron chi connectivity index (χ4n) is 8.48. The lowest BCUT2D eigenvalue weighted by Gasteiger charge is -2.28. The third-order valence-corrected chi connectivity index (χ3v) is 11.2. The third kappa shape index (κ3) is 8.77. The van der Waals surface area contributed by atoms with Gasteiger partial charge in [-0.1, -0.05) is 83.9 Å². The number of nitro groups is 2. The van der Waals surface area contributed by atoms with Crippen LogP contribution in [-0.4, -0.2) is 96.0 Å². The Morgan fingerprint density at radius 2 is 0.783 bits per heavy atom. The Kier molecular flexibility index (Phi) is 13.9. The molecule has 0 unspecified atom stereocenters. The Morgan fingerprint density at radius 3 is 1.02 bits per heavy atom. The van der Waals surface area contributed by atoms with Crippen molar-refractivity contribution < 1.29 is 48.0 Å². The van der Waals surface area contributed by atoms with Crippen molar-refractivity contribution in [2.45, 2.75) is 75.8 Å². The van der Waals surface area contributed by atoms with E-state index < -0.39 is 81.7 Å². The van der Waals surface area contributed by atoms with Crippen molar-refractivity contribution in [3.63, 3.8) is 0 Å². The number of hydrogen-bond acceptors (Lipinski definition) is 12. The minimum atomic E-state index is -1.23. The van der Waals surface area contributed by atoms with E-state index in [4.69, 9.17) is 18.9 Å². The van der Waals surface area contributed by atoms with E-state index in [0.29, 0.717) is 33.8 Å². The van der Waals surface area contributed by atoms with Crippen molar-refractivity contribution >= 4 is 23.8 Å². The molecule has 16 nitrogen and oxygen atoms in total. The number of hydrogen-bond donors (Lipinski definition) is 0. The first-order valence-electron chi connectivity index (χ1n) is 19.0. The predicted molar refractivity (Wildman–Crippen MR) is 218 cm³/mol. The van der Waals surface area contributed by atoms with Gasteiger partial charge in [-0.05, 0) is 60.4 Å². The minimum Gasteiger partial charge on any atom is -0.497 e. The summed E-state index contributed by atoms with van der Waals surface area (Å²) in [4.78, 5) is 77.2. The lowest BCUT2D eigenvalue weighted by molar-refractivity contribution is -0.528. The van der Waals surface area contributed by atoms with Crippen LogP contribution in [0.1, 0.15) is 71.1 Å². The maximum absolute atomic E-state index is 12.8. The molecule has 0 bridgehead atoms. The van der Waals surface area contributed by atoms with E-state index in [0.717, 1.165) is 11.1 Å². The fourth-order valence-corrected chi connectivity index (χ4v) is 8.48. The van der Waals surface area contributed by atoms with Crippen molar-refractivity contribution in [1.29, 1.82) is 0 Å². The molecule has 0 radical (unpaired) electrons. The van der Waals surface area contributed by atoms with Crippen LogP contribution < -0.4 is 9.47 Å². The van der Waals surface area contributed by atoms with Gasteiger partial charge in [0.2, 0.25) is 23.9 Å². The highest BCUT2D eigenvalue weighted by Gasteiger charge is 2.62. The molecule has 60 heavy (non-hydrogen) atoms. The van der Waals surface area contributed by atoms with E-state index >= 15 is 0 Å². The van der Waals surface area contributed by atoms with Crippen LogP contribution in [0.3, 0.4) is 0 Å². The summed E-state index contributed by atoms with van der Waals surface area (Å²) in [5, 5.41) is 24.5. The first kappa shape index (κ1) is 44.3. The number of carbonyl (C=O) groups excluding carboxylic acids is 4. The van der Waals surface area contributed by atoms with Crippen LogP contribution in [0.25, 0.3) is 0 Å². The van der Waals surface area contributed by atoms with Gasteiger partial charge in [0.1, 0.15) is 35.7 Å². The van der Waals surface area contributed by atoms with Gasteiger partial charge in [-0.15, -0.1) is 0 Å². The van der Waals surface area contributed by atoms with Crippen molar-refractivity contribution in [3.05, 3.63) is 151 Å². The molecule has 2 saturated heterocycles. The number of methoxy groups -OCH3 is 4. The Bertz CT molecular complexity index is 2040. The molecule has 0 aromatic heterocycles. The summed E-state index contributed by atoms with van der Waals surface area (Å²) in [5.74, 6) is -2.83. The van der Waals surface area contributed by atoms with E-state index in [-0.39, 0.29) is 0 Å². The number of benzene rings is 4. The summed E-state index contributed by atoms with van der Waals surface area (Å²) in [5.41, 5.74) is 4.30. The van der Waals surface area contributed by atoms with Gasteiger partial charge in [-0.2, -0.15) is 0 Å². The molecule has 4 aromatic carbocycles. The normalized spacial score (nSPS) is 23.1. The quantitative estimate of drug-likeness (QED) is 0.107. The molecule has 0 aliphatic carbocycles. The molecule has 0 N–H and O–H groups in total. The smallest absolute Gasteiger partial charge is 0.329 e. The zero-order chi connectivity index (χ0) is 44.0. The molecule has 4 aromatic rings. The summed E-state index contributed by atoms with van der Waals surface area (Å²) < 4.78 is 20.3. The van der Waals surface area contributed by atoms with Gasteiger partial charge >= 0.3 is 11.9 Å². The number of esters is 2. The van der Waals surface area contributed by atoms with E-state index in [9.17, 15) is 39.4 Å². The highest BCUT2D eigenvalue weighted by atomic mass is 16.6. The van der Waals surface area contributed by atoms with Gasteiger partial charge < -0.3 is 28.7 Å². The van der Waals surface area contributed by atoms with E-state index in [1.807, 2.05) is 38.1 Å². The average Bonchev–Trinajstić information content (AvgIpc) is 3.80. The second kappa shape index (κ2) is 18.8. The fraction of sp³-hybridized carbons (Fsp3) is 0.364. The second-order valence-corrected chi connectivity index (χ2v) is 14.6. The molecule has 8 atom stereocenters. The maximum atomic E-state index is 12.8. The van der Waals surface area contributed by atoms with Gasteiger partial charge in [-0.3, -0.25) is 29.8 Å². The SMILES string of the molecule is COC(=O)[C@H]1[C@@H](c2ccc(OC)cc2)[C@H]([N+](=O)[O-])[C@H](c2ccc(C)cc2)N1C(C)=O.COC(=O)[C@H]1[C@@H](c2ccc(OC)cc2)[C@H]([N+](=O)[O-])[C@H](c2ccc(C)cc2)N1C(C)=O. The lowest BCUT2D eigenvalue weighted by atomic mass is 9.85.